The molecule has 0 aliphatic rings. The Bertz CT molecular complexity index is 1130. The molecule has 0 spiro atoms. The van der Waals surface area contributed by atoms with Gasteiger partial charge < -0.3 is 5.32 Å². The number of aromatic nitrogens is 2. The summed E-state index contributed by atoms with van der Waals surface area (Å²) in [7, 11) is 5.13. The van der Waals surface area contributed by atoms with Crippen molar-refractivity contribution in [3.8, 4) is 5.82 Å². The highest BCUT2D eigenvalue weighted by Gasteiger charge is 2.21. The van der Waals surface area contributed by atoms with Crippen LogP contribution in [-0.2, 0) is 0 Å². The van der Waals surface area contributed by atoms with Crippen LogP contribution in [-0.4, -0.2) is 52.5 Å². The molecule has 3 aromatic rings. The number of pyridine rings is 1. The predicted octanol–water partition coefficient (Wildman–Crippen LogP) is 4.36. The molecule has 0 aliphatic heterocycles. The highest BCUT2D eigenvalue weighted by atomic mass is 79.9. The van der Waals surface area contributed by atoms with E-state index in [4.69, 9.17) is 11.6 Å². The zero-order chi connectivity index (χ0) is 22.7. The van der Waals surface area contributed by atoms with Gasteiger partial charge in [-0.05, 0) is 52.3 Å². The average Bonchev–Trinajstić information content (AvgIpc) is 3.10. The Morgan fingerprint density at radius 1 is 1.10 bits per heavy atom. The zero-order valence-corrected chi connectivity index (χ0v) is 20.8. The number of anilines is 1. The van der Waals surface area contributed by atoms with Gasteiger partial charge in [-0.15, -0.1) is 0 Å². The van der Waals surface area contributed by atoms with Crippen LogP contribution in [0, 0.1) is 0 Å². The molecule has 162 valence electrons. The molecule has 2 amide bonds. The molecule has 1 aromatic carbocycles. The zero-order valence-electron chi connectivity index (χ0n) is 16.9. The molecule has 3 rings (SSSR count). The van der Waals surface area contributed by atoms with Gasteiger partial charge in [-0.2, -0.15) is 5.53 Å². The first-order valence-electron chi connectivity index (χ1n) is 8.98. The van der Waals surface area contributed by atoms with Gasteiger partial charge in [0.1, 0.15) is 5.69 Å². The largest absolute Gasteiger partial charge is 0.320 e. The highest BCUT2D eigenvalue weighted by Crippen LogP contribution is 2.26. The maximum absolute atomic E-state index is 13.2. The molecule has 2 aromatic heterocycles. The number of hydrogen-bond donors (Lipinski definition) is 2. The first kappa shape index (κ1) is 23.4. The molecular weight excluding hydrogens is 552 g/mol. The molecule has 0 fully saturated rings. The number of nitrogens with one attached hydrogen (secondary N) is 2. The van der Waals surface area contributed by atoms with E-state index in [0.717, 1.165) is 0 Å². The lowest BCUT2D eigenvalue weighted by atomic mass is 10.1. The molecule has 0 radical (unpaired) electrons. The van der Waals surface area contributed by atoms with Gasteiger partial charge in [0.15, 0.2) is 5.82 Å². The molecule has 11 heteroatoms. The van der Waals surface area contributed by atoms with Crippen molar-refractivity contribution < 1.29 is 9.59 Å². The van der Waals surface area contributed by atoms with E-state index in [1.165, 1.54) is 5.01 Å². The van der Waals surface area contributed by atoms with E-state index in [1.54, 1.807) is 79.5 Å². The van der Waals surface area contributed by atoms with Gasteiger partial charge in [-0.3, -0.25) is 19.2 Å². The minimum absolute atomic E-state index is 0.300. The molecule has 2 heterocycles. The van der Waals surface area contributed by atoms with Crippen LogP contribution in [0.1, 0.15) is 20.8 Å². The lowest BCUT2D eigenvalue weighted by Crippen LogP contribution is -2.47. The Morgan fingerprint density at radius 2 is 1.84 bits per heavy atom. The Hall–Kier alpha value is -2.24. The standard InChI is InChI=1S/C20H19Br2ClN6O2/c1-27(2)26-28(3)20(31)14-9-12(21)6-7-16(14)25-19(30)17-10-13(22)11-29(17)18-15(23)5-4-8-24-18/h4-11,26H,1-3H3,(H,25,30). The number of carbonyl (C=O) groups excluding carboxylic acids is 2. The molecule has 2 N–H and O–H groups in total. The second kappa shape index (κ2) is 9.92. The fourth-order valence-corrected chi connectivity index (χ4v) is 3.85. The van der Waals surface area contributed by atoms with Crippen LogP contribution >= 0.6 is 43.5 Å². The van der Waals surface area contributed by atoms with Crippen LogP contribution in [0.3, 0.4) is 0 Å². The first-order chi connectivity index (χ1) is 14.7. The Labute approximate surface area is 201 Å². The van der Waals surface area contributed by atoms with E-state index in [2.05, 4.69) is 47.7 Å². The van der Waals surface area contributed by atoms with Crippen LogP contribution < -0.4 is 10.9 Å². The van der Waals surface area contributed by atoms with Crippen molar-refractivity contribution in [2.45, 2.75) is 0 Å². The van der Waals surface area contributed by atoms with Crippen LogP contribution in [0.4, 0.5) is 5.69 Å². The van der Waals surface area contributed by atoms with Crippen molar-refractivity contribution in [3.63, 3.8) is 0 Å². The van der Waals surface area contributed by atoms with Gasteiger partial charge in [0.25, 0.3) is 11.8 Å². The molecule has 0 saturated carbocycles. The molecule has 0 saturated heterocycles. The maximum Gasteiger partial charge on any atom is 0.272 e. The van der Waals surface area contributed by atoms with Crippen molar-refractivity contribution in [3.05, 3.63) is 74.0 Å². The minimum atomic E-state index is -0.424. The lowest BCUT2D eigenvalue weighted by molar-refractivity contribution is 0.0482. The molecule has 0 atom stereocenters. The third kappa shape index (κ3) is 5.52. The van der Waals surface area contributed by atoms with Gasteiger partial charge in [0, 0.05) is 42.5 Å². The van der Waals surface area contributed by atoms with Crippen LogP contribution in [0.15, 0.2) is 57.7 Å². The predicted molar refractivity (Wildman–Crippen MR) is 127 cm³/mol. The summed E-state index contributed by atoms with van der Waals surface area (Å²) in [6.45, 7) is 0. The van der Waals surface area contributed by atoms with Gasteiger partial charge in [-0.25, -0.2) is 9.99 Å². The summed E-state index contributed by atoms with van der Waals surface area (Å²) in [5, 5.41) is 6.18. The number of hydrogen-bond acceptors (Lipinski definition) is 5. The number of halogens is 3. The SMILES string of the molecule is CN(C)NN(C)C(=O)c1cc(Br)ccc1NC(=O)c1cc(Br)cn1-c1ncccc1Cl. The van der Waals surface area contributed by atoms with E-state index >= 15 is 0 Å². The summed E-state index contributed by atoms with van der Waals surface area (Å²) < 4.78 is 2.97. The number of nitrogens with zero attached hydrogens (tertiary/aromatic N) is 4. The number of benzene rings is 1. The summed E-state index contributed by atoms with van der Waals surface area (Å²) >= 11 is 13.0. The van der Waals surface area contributed by atoms with E-state index in [-0.39, 0.29) is 5.91 Å². The fraction of sp³-hybridized carbons (Fsp3) is 0.150. The van der Waals surface area contributed by atoms with Gasteiger partial charge in [0.2, 0.25) is 0 Å². The van der Waals surface area contributed by atoms with Crippen molar-refractivity contribution in [2.75, 3.05) is 26.5 Å². The Balaban J connectivity index is 1.95. The summed E-state index contributed by atoms with van der Waals surface area (Å²) in [4.78, 5) is 30.4. The van der Waals surface area contributed by atoms with Gasteiger partial charge in [0.05, 0.1) is 16.3 Å². The quantitative estimate of drug-likeness (QED) is 0.431. The monoisotopic (exact) mass is 568 g/mol. The second-order valence-electron chi connectivity index (χ2n) is 6.73. The lowest BCUT2D eigenvalue weighted by Gasteiger charge is -2.24. The summed E-state index contributed by atoms with van der Waals surface area (Å²) in [6, 6.07) is 10.1. The number of hydrazine groups is 2. The summed E-state index contributed by atoms with van der Waals surface area (Å²) in [5.41, 5.74) is 3.84. The number of rotatable bonds is 6. The van der Waals surface area contributed by atoms with Crippen LogP contribution in [0.5, 0.6) is 0 Å². The topological polar surface area (TPSA) is 82.5 Å². The van der Waals surface area contributed by atoms with Crippen molar-refractivity contribution in [1.82, 2.24) is 25.1 Å². The Morgan fingerprint density at radius 3 is 2.52 bits per heavy atom. The highest BCUT2D eigenvalue weighted by molar-refractivity contribution is 9.10. The fourth-order valence-electron chi connectivity index (χ4n) is 2.85. The third-order valence-electron chi connectivity index (χ3n) is 4.10. The van der Waals surface area contributed by atoms with E-state index in [0.29, 0.717) is 36.7 Å². The minimum Gasteiger partial charge on any atom is -0.320 e. The number of amides is 2. The van der Waals surface area contributed by atoms with E-state index in [9.17, 15) is 9.59 Å². The summed E-state index contributed by atoms with van der Waals surface area (Å²) in [5.74, 6) is -0.330. The molecule has 0 unspecified atom stereocenters. The maximum atomic E-state index is 13.2. The molecule has 8 nitrogen and oxygen atoms in total. The normalized spacial score (nSPS) is 10.9. The van der Waals surface area contributed by atoms with Crippen molar-refractivity contribution >= 4 is 61.0 Å². The van der Waals surface area contributed by atoms with Crippen molar-refractivity contribution in [1.29, 1.82) is 0 Å². The van der Waals surface area contributed by atoms with Crippen LogP contribution in [0.2, 0.25) is 5.02 Å². The van der Waals surface area contributed by atoms with Crippen molar-refractivity contribution in [2.24, 2.45) is 0 Å². The third-order valence-corrected chi connectivity index (χ3v) is 5.32. The number of carbonyl (C=O) groups is 2. The van der Waals surface area contributed by atoms with E-state index < -0.39 is 5.91 Å². The van der Waals surface area contributed by atoms with Gasteiger partial charge >= 0.3 is 0 Å². The average molecular weight is 571 g/mol. The van der Waals surface area contributed by atoms with E-state index in [1.807, 2.05) is 0 Å². The van der Waals surface area contributed by atoms with Gasteiger partial charge in [-0.1, -0.05) is 27.5 Å². The first-order valence-corrected chi connectivity index (χ1v) is 10.9. The van der Waals surface area contributed by atoms with Crippen LogP contribution in [0.25, 0.3) is 5.82 Å². The molecular formula is C20H19Br2ClN6O2. The summed E-state index contributed by atoms with van der Waals surface area (Å²) in [6.07, 6.45) is 3.29. The second-order valence-corrected chi connectivity index (χ2v) is 8.96. The Kier molecular flexibility index (Phi) is 7.50. The molecule has 31 heavy (non-hydrogen) atoms. The smallest absolute Gasteiger partial charge is 0.272 e. The molecule has 0 bridgehead atoms. The molecule has 0 aliphatic carbocycles.